The highest BCUT2D eigenvalue weighted by molar-refractivity contribution is 6.30. The number of pyridine rings is 1. The minimum Gasteiger partial charge on any atom is -0.450 e. The van der Waals surface area contributed by atoms with Crippen molar-refractivity contribution >= 4 is 23.4 Å². The van der Waals surface area contributed by atoms with Crippen LogP contribution in [0.1, 0.15) is 50.6 Å². The molecular formula is C24H35ClN4O3. The summed E-state index contributed by atoms with van der Waals surface area (Å²) in [5, 5.41) is 0.715. The first-order valence-electron chi connectivity index (χ1n) is 12.2. The van der Waals surface area contributed by atoms with Crippen LogP contribution in [-0.2, 0) is 9.47 Å². The minimum absolute atomic E-state index is 0.148. The molecule has 1 amide bonds. The number of aromatic nitrogens is 1. The van der Waals surface area contributed by atoms with Gasteiger partial charge in [0, 0.05) is 76.1 Å². The molecule has 1 atom stereocenters. The van der Waals surface area contributed by atoms with Gasteiger partial charge in [-0.15, -0.1) is 0 Å². The average Bonchev–Trinajstić information content (AvgIpc) is 3.25. The molecule has 0 unspecified atom stereocenters. The van der Waals surface area contributed by atoms with Crippen LogP contribution in [-0.4, -0.2) is 86.0 Å². The molecule has 1 aromatic rings. The Morgan fingerprint density at radius 1 is 1.22 bits per heavy atom. The van der Waals surface area contributed by atoms with Gasteiger partial charge in [-0.2, -0.15) is 0 Å². The molecule has 0 bridgehead atoms. The van der Waals surface area contributed by atoms with Crippen molar-refractivity contribution in [1.29, 1.82) is 0 Å². The van der Waals surface area contributed by atoms with Gasteiger partial charge < -0.3 is 19.3 Å². The molecule has 8 heteroatoms. The Morgan fingerprint density at radius 2 is 1.97 bits per heavy atom. The summed E-state index contributed by atoms with van der Waals surface area (Å²) in [6, 6.07) is 2.74. The SMILES string of the molecule is CCOC(=O)N1CC2(CC[C@@H](N3CCN(c4cc(Cl)cnc4C4CCOCC4)CC3)C2)C1. The lowest BCUT2D eigenvalue weighted by Crippen LogP contribution is -2.58. The van der Waals surface area contributed by atoms with Gasteiger partial charge >= 0.3 is 6.09 Å². The molecule has 176 valence electrons. The van der Waals surface area contributed by atoms with E-state index in [9.17, 15) is 4.79 Å². The maximum Gasteiger partial charge on any atom is 0.409 e. The fraction of sp³-hybridized carbons (Fsp3) is 0.750. The summed E-state index contributed by atoms with van der Waals surface area (Å²) in [6.45, 7) is 9.85. The van der Waals surface area contributed by atoms with Crippen LogP contribution in [0.3, 0.4) is 0 Å². The van der Waals surface area contributed by atoms with E-state index in [0.29, 0.717) is 29.0 Å². The normalized spacial score (nSPS) is 26.4. The van der Waals surface area contributed by atoms with E-state index in [4.69, 9.17) is 26.1 Å². The first-order chi connectivity index (χ1) is 15.6. The van der Waals surface area contributed by atoms with E-state index in [0.717, 1.165) is 65.3 Å². The van der Waals surface area contributed by atoms with Crippen LogP contribution in [0.25, 0.3) is 0 Å². The van der Waals surface area contributed by atoms with Crippen LogP contribution in [0.4, 0.5) is 10.5 Å². The Morgan fingerprint density at radius 3 is 2.69 bits per heavy atom. The third kappa shape index (κ3) is 4.44. The molecule has 4 aliphatic rings. The zero-order valence-corrected chi connectivity index (χ0v) is 19.9. The van der Waals surface area contributed by atoms with Crippen molar-refractivity contribution in [1.82, 2.24) is 14.8 Å². The second kappa shape index (κ2) is 9.35. The molecule has 32 heavy (non-hydrogen) atoms. The quantitative estimate of drug-likeness (QED) is 0.679. The topological polar surface area (TPSA) is 58.1 Å². The van der Waals surface area contributed by atoms with Crippen LogP contribution in [0.5, 0.6) is 0 Å². The zero-order chi connectivity index (χ0) is 22.1. The molecule has 1 saturated carbocycles. The number of carbonyl (C=O) groups is 1. The summed E-state index contributed by atoms with van der Waals surface area (Å²) in [7, 11) is 0. The molecule has 1 aromatic heterocycles. The van der Waals surface area contributed by atoms with Gasteiger partial charge in [0.15, 0.2) is 0 Å². The number of anilines is 1. The lowest BCUT2D eigenvalue weighted by Gasteiger charge is -2.48. The van der Waals surface area contributed by atoms with Crippen LogP contribution in [0.15, 0.2) is 12.3 Å². The maximum atomic E-state index is 12.0. The van der Waals surface area contributed by atoms with Crippen molar-refractivity contribution in [2.24, 2.45) is 5.41 Å². The van der Waals surface area contributed by atoms with Gasteiger partial charge in [0.25, 0.3) is 0 Å². The van der Waals surface area contributed by atoms with Gasteiger partial charge in [-0.3, -0.25) is 9.88 Å². The molecule has 5 rings (SSSR count). The number of halogens is 1. The molecule has 0 radical (unpaired) electrons. The van der Waals surface area contributed by atoms with Crippen molar-refractivity contribution < 1.29 is 14.3 Å². The van der Waals surface area contributed by atoms with E-state index in [1.165, 1.54) is 30.6 Å². The summed E-state index contributed by atoms with van der Waals surface area (Å²) < 4.78 is 10.7. The summed E-state index contributed by atoms with van der Waals surface area (Å²) in [4.78, 5) is 23.7. The zero-order valence-electron chi connectivity index (χ0n) is 19.1. The molecule has 3 aliphatic heterocycles. The van der Waals surface area contributed by atoms with E-state index in [2.05, 4.69) is 15.9 Å². The van der Waals surface area contributed by atoms with Crippen LogP contribution >= 0.6 is 11.6 Å². The number of amides is 1. The first kappa shape index (κ1) is 22.2. The Bertz CT molecular complexity index is 817. The Kier molecular flexibility index (Phi) is 6.50. The lowest BCUT2D eigenvalue weighted by atomic mass is 9.78. The fourth-order valence-electron chi connectivity index (χ4n) is 6.19. The number of ether oxygens (including phenoxy) is 2. The second-order valence-corrected chi connectivity index (χ2v) is 10.4. The molecule has 1 spiro atoms. The molecule has 4 fully saturated rings. The van der Waals surface area contributed by atoms with Gasteiger partial charge in [-0.25, -0.2) is 4.79 Å². The fourth-order valence-corrected chi connectivity index (χ4v) is 6.34. The molecular weight excluding hydrogens is 428 g/mol. The van der Waals surface area contributed by atoms with Crippen molar-refractivity contribution in [3.8, 4) is 0 Å². The van der Waals surface area contributed by atoms with Gasteiger partial charge in [-0.05, 0) is 45.1 Å². The molecule has 3 saturated heterocycles. The molecule has 7 nitrogen and oxygen atoms in total. The predicted molar refractivity (Wildman–Crippen MR) is 124 cm³/mol. The number of hydrogen-bond acceptors (Lipinski definition) is 6. The molecule has 0 N–H and O–H groups in total. The predicted octanol–water partition coefficient (Wildman–Crippen LogP) is 3.76. The maximum absolute atomic E-state index is 12.0. The Balaban J connectivity index is 1.17. The number of carbonyl (C=O) groups excluding carboxylic acids is 1. The van der Waals surface area contributed by atoms with Gasteiger partial charge in [0.1, 0.15) is 0 Å². The summed E-state index contributed by atoms with van der Waals surface area (Å²) >= 11 is 6.35. The van der Waals surface area contributed by atoms with E-state index >= 15 is 0 Å². The monoisotopic (exact) mass is 462 g/mol. The van der Waals surface area contributed by atoms with E-state index in [-0.39, 0.29) is 6.09 Å². The van der Waals surface area contributed by atoms with Crippen LogP contribution in [0.2, 0.25) is 5.02 Å². The smallest absolute Gasteiger partial charge is 0.409 e. The number of likely N-dealkylation sites (tertiary alicyclic amines) is 1. The third-order valence-corrected chi connectivity index (χ3v) is 8.11. The summed E-state index contributed by atoms with van der Waals surface area (Å²) in [5.74, 6) is 0.463. The molecule has 0 aromatic carbocycles. The second-order valence-electron chi connectivity index (χ2n) is 9.92. The van der Waals surface area contributed by atoms with Gasteiger partial charge in [0.2, 0.25) is 0 Å². The van der Waals surface area contributed by atoms with Crippen molar-refractivity contribution in [3.63, 3.8) is 0 Å². The number of nitrogens with zero attached hydrogens (tertiary/aromatic N) is 4. The Labute approximate surface area is 196 Å². The number of rotatable bonds is 4. The average molecular weight is 463 g/mol. The number of piperazine rings is 1. The van der Waals surface area contributed by atoms with Gasteiger partial charge in [0.05, 0.1) is 23.0 Å². The highest BCUT2D eigenvalue weighted by atomic mass is 35.5. The van der Waals surface area contributed by atoms with Crippen molar-refractivity contribution in [2.45, 2.75) is 51.0 Å². The lowest BCUT2D eigenvalue weighted by molar-refractivity contribution is -0.00294. The van der Waals surface area contributed by atoms with E-state index in [1.807, 2.05) is 11.8 Å². The Hall–Kier alpha value is -1.57. The van der Waals surface area contributed by atoms with Crippen molar-refractivity contribution in [3.05, 3.63) is 23.0 Å². The standard InChI is InChI=1S/C24H35ClN4O3/c1-2-32-23(30)29-16-24(17-29)6-3-20(14-24)27-7-9-28(10-8-27)21-13-19(25)15-26-22(21)18-4-11-31-12-5-18/h13,15,18,20H,2-12,14,16-17H2,1H3/t20-/m1/s1. The van der Waals surface area contributed by atoms with Crippen LogP contribution in [0, 0.1) is 5.41 Å². The van der Waals surface area contributed by atoms with E-state index < -0.39 is 0 Å². The van der Waals surface area contributed by atoms with E-state index in [1.54, 1.807) is 6.20 Å². The minimum atomic E-state index is -0.148. The van der Waals surface area contributed by atoms with Gasteiger partial charge in [-0.1, -0.05) is 11.6 Å². The largest absolute Gasteiger partial charge is 0.450 e. The summed E-state index contributed by atoms with van der Waals surface area (Å²) in [6.07, 6.45) is 7.38. The first-order valence-corrected chi connectivity index (χ1v) is 12.6. The van der Waals surface area contributed by atoms with Crippen LogP contribution < -0.4 is 4.90 Å². The highest BCUT2D eigenvalue weighted by Gasteiger charge is 2.51. The number of hydrogen-bond donors (Lipinski definition) is 0. The molecule has 4 heterocycles. The third-order valence-electron chi connectivity index (χ3n) is 7.90. The summed E-state index contributed by atoms with van der Waals surface area (Å²) in [5.41, 5.74) is 2.73. The molecule has 1 aliphatic carbocycles. The highest BCUT2D eigenvalue weighted by Crippen LogP contribution is 2.47. The van der Waals surface area contributed by atoms with Crippen molar-refractivity contribution in [2.75, 3.05) is 64.0 Å².